The molecule has 0 saturated carbocycles. The van der Waals surface area contributed by atoms with Crippen LogP contribution in [-0.2, 0) is 4.74 Å². The van der Waals surface area contributed by atoms with Crippen molar-refractivity contribution >= 4 is 5.91 Å². The lowest BCUT2D eigenvalue weighted by Gasteiger charge is -2.40. The second-order valence-electron chi connectivity index (χ2n) is 5.21. The Labute approximate surface area is 119 Å². The van der Waals surface area contributed by atoms with E-state index in [0.29, 0.717) is 31.3 Å². The van der Waals surface area contributed by atoms with Crippen molar-refractivity contribution < 1.29 is 14.3 Å². The number of methoxy groups -OCH3 is 2. The van der Waals surface area contributed by atoms with Crippen molar-refractivity contribution in [2.75, 3.05) is 40.5 Å². The van der Waals surface area contributed by atoms with Crippen molar-refractivity contribution in [3.8, 4) is 5.88 Å². The number of carbonyl (C=O) groups is 1. The summed E-state index contributed by atoms with van der Waals surface area (Å²) in [6, 6.07) is 5.21. The van der Waals surface area contributed by atoms with Crippen LogP contribution >= 0.6 is 0 Å². The Morgan fingerprint density at radius 2 is 2.30 bits per heavy atom. The summed E-state index contributed by atoms with van der Waals surface area (Å²) in [6.45, 7) is 4.61. The summed E-state index contributed by atoms with van der Waals surface area (Å²) in [5, 5.41) is 3.39. The average molecular weight is 279 g/mol. The van der Waals surface area contributed by atoms with Crippen molar-refractivity contribution in [1.82, 2.24) is 15.2 Å². The first kappa shape index (κ1) is 14.7. The van der Waals surface area contributed by atoms with E-state index in [1.807, 2.05) is 0 Å². The molecule has 1 fully saturated rings. The van der Waals surface area contributed by atoms with E-state index >= 15 is 0 Å². The third-order valence-corrected chi connectivity index (χ3v) is 3.38. The first-order valence-electron chi connectivity index (χ1n) is 6.62. The Morgan fingerprint density at radius 1 is 1.50 bits per heavy atom. The number of amides is 1. The molecule has 1 aliphatic rings. The van der Waals surface area contributed by atoms with Crippen LogP contribution in [0.15, 0.2) is 18.2 Å². The molecule has 1 aliphatic heterocycles. The van der Waals surface area contributed by atoms with Gasteiger partial charge in [-0.1, -0.05) is 6.07 Å². The molecular weight excluding hydrogens is 258 g/mol. The summed E-state index contributed by atoms with van der Waals surface area (Å²) in [5.41, 5.74) is 0.188. The topological polar surface area (TPSA) is 63.7 Å². The summed E-state index contributed by atoms with van der Waals surface area (Å²) in [6.07, 6.45) is 0. The second-order valence-corrected chi connectivity index (χ2v) is 5.21. The number of pyridine rings is 1. The summed E-state index contributed by atoms with van der Waals surface area (Å²) in [4.78, 5) is 18.5. The molecule has 0 radical (unpaired) electrons. The van der Waals surface area contributed by atoms with Crippen LogP contribution in [-0.4, -0.2) is 61.8 Å². The van der Waals surface area contributed by atoms with Crippen molar-refractivity contribution in [1.29, 1.82) is 0 Å². The molecule has 1 aromatic rings. The molecule has 2 heterocycles. The zero-order chi connectivity index (χ0) is 14.6. The quantitative estimate of drug-likeness (QED) is 0.871. The highest BCUT2D eigenvalue weighted by atomic mass is 16.5. The van der Waals surface area contributed by atoms with E-state index in [4.69, 9.17) is 9.47 Å². The van der Waals surface area contributed by atoms with Crippen molar-refractivity contribution in [3.63, 3.8) is 0 Å². The molecule has 20 heavy (non-hydrogen) atoms. The van der Waals surface area contributed by atoms with Crippen LogP contribution in [0, 0.1) is 0 Å². The third-order valence-electron chi connectivity index (χ3n) is 3.38. The van der Waals surface area contributed by atoms with Gasteiger partial charge in [-0.05, 0) is 13.0 Å². The molecule has 6 nitrogen and oxygen atoms in total. The van der Waals surface area contributed by atoms with Gasteiger partial charge in [0.25, 0.3) is 5.91 Å². The number of rotatable bonds is 4. The van der Waals surface area contributed by atoms with Gasteiger partial charge < -0.3 is 19.7 Å². The van der Waals surface area contributed by atoms with Gasteiger partial charge in [0.05, 0.1) is 19.3 Å². The molecule has 1 N–H and O–H groups in total. The van der Waals surface area contributed by atoms with E-state index < -0.39 is 0 Å². The second kappa shape index (κ2) is 6.19. The number of ether oxygens (including phenoxy) is 2. The third kappa shape index (κ3) is 3.26. The molecule has 0 spiro atoms. The van der Waals surface area contributed by atoms with Gasteiger partial charge in [-0.15, -0.1) is 0 Å². The maximum atomic E-state index is 12.5. The molecule has 1 amide bonds. The number of nitrogens with zero attached hydrogens (tertiary/aromatic N) is 2. The molecule has 6 heteroatoms. The minimum atomic E-state index is -0.221. The van der Waals surface area contributed by atoms with Gasteiger partial charge in [0, 0.05) is 32.8 Å². The fraction of sp³-hybridized carbons (Fsp3) is 0.571. The van der Waals surface area contributed by atoms with E-state index in [-0.39, 0.29) is 11.4 Å². The molecule has 2 rings (SSSR count). The highest BCUT2D eigenvalue weighted by Gasteiger charge is 2.33. The fourth-order valence-electron chi connectivity index (χ4n) is 2.45. The summed E-state index contributed by atoms with van der Waals surface area (Å²) < 4.78 is 10.3. The highest BCUT2D eigenvalue weighted by Crippen LogP contribution is 2.15. The number of hydrogen-bond acceptors (Lipinski definition) is 5. The molecule has 0 aliphatic carbocycles. The Bertz CT molecular complexity index is 476. The van der Waals surface area contributed by atoms with Crippen LogP contribution in [0.25, 0.3) is 0 Å². The minimum Gasteiger partial charge on any atom is -0.481 e. The highest BCUT2D eigenvalue weighted by molar-refractivity contribution is 5.92. The maximum absolute atomic E-state index is 12.5. The van der Waals surface area contributed by atoms with Gasteiger partial charge in [0.15, 0.2) is 0 Å². The Kier molecular flexibility index (Phi) is 4.57. The average Bonchev–Trinajstić information content (AvgIpc) is 2.46. The predicted molar refractivity (Wildman–Crippen MR) is 75.0 cm³/mol. The van der Waals surface area contributed by atoms with Gasteiger partial charge in [-0.3, -0.25) is 4.79 Å². The Balaban J connectivity index is 2.12. The van der Waals surface area contributed by atoms with E-state index in [9.17, 15) is 4.79 Å². The van der Waals surface area contributed by atoms with Gasteiger partial charge in [-0.25, -0.2) is 4.98 Å². The first-order valence-corrected chi connectivity index (χ1v) is 6.62. The van der Waals surface area contributed by atoms with Crippen LogP contribution in [0.1, 0.15) is 17.4 Å². The predicted octanol–water partition coefficient (Wildman–Crippen LogP) is 0.541. The van der Waals surface area contributed by atoms with E-state index in [2.05, 4.69) is 17.2 Å². The fourth-order valence-corrected chi connectivity index (χ4v) is 2.45. The smallest absolute Gasteiger partial charge is 0.272 e. The lowest BCUT2D eigenvalue weighted by atomic mass is 10.00. The van der Waals surface area contributed by atoms with Crippen molar-refractivity contribution in [2.45, 2.75) is 12.5 Å². The molecule has 0 aromatic carbocycles. The minimum absolute atomic E-state index is 0.0762. The molecule has 1 atom stereocenters. The lowest BCUT2D eigenvalue weighted by Crippen LogP contribution is -2.62. The van der Waals surface area contributed by atoms with Gasteiger partial charge in [0.2, 0.25) is 5.88 Å². The SMILES string of the molecule is COC[C@@]1(C)CN(C(=O)c2cccc(OC)n2)CCN1. The van der Waals surface area contributed by atoms with Crippen molar-refractivity contribution in [3.05, 3.63) is 23.9 Å². The molecule has 0 bridgehead atoms. The first-order chi connectivity index (χ1) is 9.58. The van der Waals surface area contributed by atoms with Crippen LogP contribution in [0.3, 0.4) is 0 Å². The number of hydrogen-bond donors (Lipinski definition) is 1. The normalized spacial score (nSPS) is 22.6. The van der Waals surface area contributed by atoms with E-state index in [0.717, 1.165) is 6.54 Å². The van der Waals surface area contributed by atoms with Gasteiger partial charge in [0.1, 0.15) is 5.69 Å². The van der Waals surface area contributed by atoms with Crippen LogP contribution in [0.2, 0.25) is 0 Å². The Hall–Kier alpha value is -1.66. The van der Waals surface area contributed by atoms with Crippen LogP contribution in [0.5, 0.6) is 5.88 Å². The number of aromatic nitrogens is 1. The number of carbonyl (C=O) groups excluding carboxylic acids is 1. The summed E-state index contributed by atoms with van der Waals surface area (Å²) in [7, 11) is 3.20. The van der Waals surface area contributed by atoms with E-state index in [1.165, 1.54) is 7.11 Å². The molecular formula is C14H21N3O3. The number of nitrogens with one attached hydrogen (secondary N) is 1. The largest absolute Gasteiger partial charge is 0.481 e. The Morgan fingerprint density at radius 3 is 3.00 bits per heavy atom. The van der Waals surface area contributed by atoms with Crippen LogP contribution in [0.4, 0.5) is 0 Å². The van der Waals surface area contributed by atoms with Gasteiger partial charge >= 0.3 is 0 Å². The summed E-state index contributed by atoms with van der Waals surface area (Å²) in [5.74, 6) is 0.373. The van der Waals surface area contributed by atoms with E-state index in [1.54, 1.807) is 30.2 Å². The van der Waals surface area contributed by atoms with Crippen molar-refractivity contribution in [2.24, 2.45) is 0 Å². The van der Waals surface area contributed by atoms with Crippen LogP contribution < -0.4 is 10.1 Å². The monoisotopic (exact) mass is 279 g/mol. The number of piperazine rings is 1. The maximum Gasteiger partial charge on any atom is 0.272 e. The molecule has 1 saturated heterocycles. The molecule has 110 valence electrons. The lowest BCUT2D eigenvalue weighted by molar-refractivity contribution is 0.0451. The van der Waals surface area contributed by atoms with Gasteiger partial charge in [-0.2, -0.15) is 0 Å². The molecule has 0 unspecified atom stereocenters. The molecule has 1 aromatic heterocycles. The standard InChI is InChI=1S/C14H21N3O3/c1-14(10-19-2)9-17(8-7-15-14)13(18)11-5-4-6-12(16-11)20-3/h4-6,15H,7-10H2,1-3H3/t14-/m1/s1. The zero-order valence-electron chi connectivity index (χ0n) is 12.2. The zero-order valence-corrected chi connectivity index (χ0v) is 12.2. The summed E-state index contributed by atoms with van der Waals surface area (Å²) >= 11 is 0.